The van der Waals surface area contributed by atoms with Crippen LogP contribution in [0.25, 0.3) is 0 Å². The van der Waals surface area contributed by atoms with E-state index in [4.69, 9.17) is 28.6 Å². The van der Waals surface area contributed by atoms with Crippen molar-refractivity contribution in [2.45, 2.75) is 19.4 Å². The largest absolute Gasteiger partial charge is 0.487 e. The second-order valence-corrected chi connectivity index (χ2v) is 6.65. The maximum Gasteiger partial charge on any atom is 0.269 e. The smallest absolute Gasteiger partial charge is 0.269 e. The summed E-state index contributed by atoms with van der Waals surface area (Å²) in [6, 6.07) is 11.8. The van der Waals surface area contributed by atoms with Gasteiger partial charge in [-0.2, -0.15) is 0 Å². The summed E-state index contributed by atoms with van der Waals surface area (Å²) in [4.78, 5) is 13.4. The highest BCUT2D eigenvalue weighted by Gasteiger charge is 2.17. The summed E-state index contributed by atoms with van der Waals surface area (Å²) >= 11 is 11.8. The SMILES string of the molecule is O=[N+]([O-])c1cccc(COc2ccc(C(=S)N3CCCC3)cc2Cl)c1. The Morgan fingerprint density at radius 2 is 2.00 bits per heavy atom. The molecule has 2 aromatic carbocycles. The summed E-state index contributed by atoms with van der Waals surface area (Å²) in [5.41, 5.74) is 1.66. The minimum atomic E-state index is -0.426. The van der Waals surface area contributed by atoms with Crippen molar-refractivity contribution in [3.05, 3.63) is 68.7 Å². The van der Waals surface area contributed by atoms with Gasteiger partial charge in [0.25, 0.3) is 5.69 Å². The van der Waals surface area contributed by atoms with Crippen LogP contribution in [0, 0.1) is 10.1 Å². The zero-order valence-corrected chi connectivity index (χ0v) is 15.1. The zero-order chi connectivity index (χ0) is 17.8. The van der Waals surface area contributed by atoms with Gasteiger partial charge in [0.1, 0.15) is 17.3 Å². The maximum atomic E-state index is 10.8. The number of non-ortho nitro benzene ring substituents is 1. The first kappa shape index (κ1) is 17.6. The van der Waals surface area contributed by atoms with E-state index in [2.05, 4.69) is 4.90 Å². The van der Waals surface area contributed by atoms with Crippen LogP contribution < -0.4 is 4.74 Å². The van der Waals surface area contributed by atoms with Gasteiger partial charge in [0, 0.05) is 30.8 Å². The molecule has 25 heavy (non-hydrogen) atoms. The molecule has 0 aromatic heterocycles. The third kappa shape index (κ3) is 4.27. The molecule has 2 aromatic rings. The number of halogens is 1. The molecule has 0 N–H and O–H groups in total. The number of nitrogens with zero attached hydrogens (tertiary/aromatic N) is 2. The highest BCUT2D eigenvalue weighted by Crippen LogP contribution is 2.28. The Labute approximate surface area is 156 Å². The van der Waals surface area contributed by atoms with Crippen LogP contribution in [0.3, 0.4) is 0 Å². The van der Waals surface area contributed by atoms with E-state index in [1.54, 1.807) is 18.2 Å². The lowest BCUT2D eigenvalue weighted by Gasteiger charge is -2.19. The third-order valence-electron chi connectivity index (χ3n) is 4.09. The molecular formula is C18H17ClN2O3S. The van der Waals surface area contributed by atoms with Gasteiger partial charge in [0.15, 0.2) is 0 Å². The van der Waals surface area contributed by atoms with E-state index < -0.39 is 4.92 Å². The summed E-state index contributed by atoms with van der Waals surface area (Å²) in [5, 5.41) is 11.3. The Bertz CT molecular complexity index is 807. The second-order valence-electron chi connectivity index (χ2n) is 5.86. The van der Waals surface area contributed by atoms with Gasteiger partial charge in [-0.05, 0) is 36.6 Å². The van der Waals surface area contributed by atoms with Gasteiger partial charge in [-0.25, -0.2) is 0 Å². The lowest BCUT2D eigenvalue weighted by molar-refractivity contribution is -0.384. The number of benzene rings is 2. The van der Waals surface area contributed by atoms with Crippen LogP contribution in [0.5, 0.6) is 5.75 Å². The molecule has 1 aliphatic heterocycles. The van der Waals surface area contributed by atoms with Crippen LogP contribution in [-0.4, -0.2) is 27.9 Å². The van der Waals surface area contributed by atoms with Crippen LogP contribution in [-0.2, 0) is 6.61 Å². The highest BCUT2D eigenvalue weighted by molar-refractivity contribution is 7.80. The van der Waals surface area contributed by atoms with Crippen molar-refractivity contribution in [3.63, 3.8) is 0 Å². The van der Waals surface area contributed by atoms with Gasteiger partial charge in [-0.1, -0.05) is 36.0 Å². The summed E-state index contributed by atoms with van der Waals surface area (Å²) in [5.74, 6) is 0.529. The minimum absolute atomic E-state index is 0.0403. The number of thiocarbonyl (C=S) groups is 1. The number of ether oxygens (including phenoxy) is 1. The van der Waals surface area contributed by atoms with Crippen LogP contribution >= 0.6 is 23.8 Å². The molecule has 5 nitrogen and oxygen atoms in total. The van der Waals surface area contributed by atoms with Crippen molar-refractivity contribution in [2.24, 2.45) is 0 Å². The normalized spacial score (nSPS) is 13.7. The van der Waals surface area contributed by atoms with Crippen molar-refractivity contribution in [1.82, 2.24) is 4.90 Å². The van der Waals surface area contributed by atoms with Crippen LogP contribution in [0.1, 0.15) is 24.0 Å². The molecule has 0 aliphatic carbocycles. The Hall–Kier alpha value is -2.18. The van der Waals surface area contributed by atoms with E-state index in [0.29, 0.717) is 16.3 Å². The summed E-state index contributed by atoms with van der Waals surface area (Å²) in [6.07, 6.45) is 2.33. The number of hydrogen-bond acceptors (Lipinski definition) is 4. The molecule has 0 amide bonds. The average molecular weight is 377 g/mol. The number of nitro benzene ring substituents is 1. The van der Waals surface area contributed by atoms with Gasteiger partial charge < -0.3 is 9.64 Å². The Morgan fingerprint density at radius 1 is 1.24 bits per heavy atom. The minimum Gasteiger partial charge on any atom is -0.487 e. The molecule has 3 rings (SSSR count). The van der Waals surface area contributed by atoms with Crippen LogP contribution in [0.2, 0.25) is 5.02 Å². The summed E-state index contributed by atoms with van der Waals surface area (Å²) in [7, 11) is 0. The third-order valence-corrected chi connectivity index (χ3v) is 4.88. The van der Waals surface area contributed by atoms with Gasteiger partial charge in [0.2, 0.25) is 0 Å². The second kappa shape index (κ2) is 7.80. The fourth-order valence-corrected chi connectivity index (χ4v) is 3.32. The standard InChI is InChI=1S/C18H17ClN2O3S/c19-16-11-14(18(25)20-8-1-2-9-20)6-7-17(16)24-12-13-4-3-5-15(10-13)21(22)23/h3-7,10-11H,1-2,8-9,12H2. The van der Waals surface area contributed by atoms with Crippen molar-refractivity contribution >= 4 is 34.5 Å². The quantitative estimate of drug-likeness (QED) is 0.433. The maximum absolute atomic E-state index is 10.8. The Morgan fingerprint density at radius 3 is 2.68 bits per heavy atom. The molecule has 0 radical (unpaired) electrons. The first-order valence-corrected chi connectivity index (χ1v) is 8.78. The van der Waals surface area contributed by atoms with Gasteiger partial charge in [-0.3, -0.25) is 10.1 Å². The zero-order valence-electron chi connectivity index (χ0n) is 13.5. The molecule has 0 spiro atoms. The molecule has 0 unspecified atom stereocenters. The fraction of sp³-hybridized carbons (Fsp3) is 0.278. The molecule has 1 saturated heterocycles. The molecule has 1 aliphatic rings. The van der Waals surface area contributed by atoms with E-state index in [1.807, 2.05) is 12.1 Å². The molecule has 7 heteroatoms. The van der Waals surface area contributed by atoms with Crippen LogP contribution in [0.4, 0.5) is 5.69 Å². The van der Waals surface area contributed by atoms with Gasteiger partial charge in [0.05, 0.1) is 9.95 Å². The first-order chi connectivity index (χ1) is 12.0. The molecule has 1 fully saturated rings. The van der Waals surface area contributed by atoms with Crippen molar-refractivity contribution in [2.75, 3.05) is 13.1 Å². The molecule has 1 heterocycles. The van der Waals surface area contributed by atoms with Crippen molar-refractivity contribution in [3.8, 4) is 5.75 Å². The van der Waals surface area contributed by atoms with E-state index in [-0.39, 0.29) is 12.3 Å². The average Bonchev–Trinajstić information content (AvgIpc) is 3.15. The molecule has 130 valence electrons. The van der Waals surface area contributed by atoms with Gasteiger partial charge in [-0.15, -0.1) is 0 Å². The Balaban J connectivity index is 1.68. The van der Waals surface area contributed by atoms with E-state index >= 15 is 0 Å². The molecule has 0 bridgehead atoms. The van der Waals surface area contributed by atoms with Crippen molar-refractivity contribution in [1.29, 1.82) is 0 Å². The Kier molecular flexibility index (Phi) is 5.50. The number of rotatable bonds is 5. The molecule has 0 saturated carbocycles. The molecular weight excluding hydrogens is 360 g/mol. The topological polar surface area (TPSA) is 55.6 Å². The summed E-state index contributed by atoms with van der Waals surface area (Å²) < 4.78 is 5.71. The fourth-order valence-electron chi connectivity index (χ4n) is 2.77. The van der Waals surface area contributed by atoms with Gasteiger partial charge >= 0.3 is 0 Å². The van der Waals surface area contributed by atoms with E-state index in [1.165, 1.54) is 12.1 Å². The summed E-state index contributed by atoms with van der Waals surface area (Å²) in [6.45, 7) is 2.18. The van der Waals surface area contributed by atoms with E-state index in [9.17, 15) is 10.1 Å². The number of likely N-dealkylation sites (tertiary alicyclic amines) is 1. The number of nitro groups is 1. The van der Waals surface area contributed by atoms with Crippen molar-refractivity contribution < 1.29 is 9.66 Å². The monoisotopic (exact) mass is 376 g/mol. The lowest BCUT2D eigenvalue weighted by Crippen LogP contribution is -2.26. The van der Waals surface area contributed by atoms with E-state index in [0.717, 1.165) is 36.5 Å². The first-order valence-electron chi connectivity index (χ1n) is 7.99. The highest BCUT2D eigenvalue weighted by atomic mass is 35.5. The van der Waals surface area contributed by atoms with Crippen LogP contribution in [0.15, 0.2) is 42.5 Å². The predicted octanol–water partition coefficient (Wildman–Crippen LogP) is 4.60. The number of hydrogen-bond donors (Lipinski definition) is 0. The lowest BCUT2D eigenvalue weighted by atomic mass is 10.2. The predicted molar refractivity (Wildman–Crippen MR) is 101 cm³/mol. The molecule has 0 atom stereocenters.